The Morgan fingerprint density at radius 2 is 1.88 bits per heavy atom. The lowest BCUT2D eigenvalue weighted by atomic mass is 9.90. The van der Waals surface area contributed by atoms with Crippen LogP contribution < -0.4 is 0 Å². The predicted molar refractivity (Wildman–Crippen MR) is 89.2 cm³/mol. The van der Waals surface area contributed by atoms with Crippen LogP contribution in [0.2, 0.25) is 0 Å². The minimum Gasteiger partial charge on any atom is -0.444 e. The Bertz CT molecular complexity index is 719. The van der Waals surface area contributed by atoms with E-state index in [2.05, 4.69) is 0 Å². The van der Waals surface area contributed by atoms with Crippen molar-refractivity contribution in [1.82, 2.24) is 4.90 Å². The monoisotopic (exact) mass is 369 g/mol. The highest BCUT2D eigenvalue weighted by Crippen LogP contribution is 2.30. The van der Waals surface area contributed by atoms with Crippen LogP contribution in [0.5, 0.6) is 0 Å². The number of carbonyl (C=O) groups excluding carboxylic acids is 1. The second-order valence-corrected chi connectivity index (χ2v) is 7.73. The number of carbonyl (C=O) groups is 1. The average Bonchev–Trinajstić information content (AvgIpc) is 2.50. The van der Waals surface area contributed by atoms with Gasteiger partial charge < -0.3 is 9.47 Å². The molecule has 2 unspecified atom stereocenters. The van der Waals surface area contributed by atoms with E-state index in [4.69, 9.17) is 9.47 Å². The molecule has 26 heavy (non-hydrogen) atoms. The van der Waals surface area contributed by atoms with E-state index >= 15 is 0 Å². The molecule has 1 saturated heterocycles. The second-order valence-electron chi connectivity index (χ2n) is 7.73. The van der Waals surface area contributed by atoms with Crippen LogP contribution in [0.25, 0.3) is 0 Å². The van der Waals surface area contributed by atoms with Gasteiger partial charge in [0.15, 0.2) is 17.5 Å². The van der Waals surface area contributed by atoms with Crippen LogP contribution in [0.4, 0.5) is 18.0 Å². The highest BCUT2D eigenvalue weighted by molar-refractivity contribution is 5.70. The van der Waals surface area contributed by atoms with Gasteiger partial charge >= 0.3 is 6.09 Å². The van der Waals surface area contributed by atoms with Crippen molar-refractivity contribution in [3.05, 3.63) is 46.8 Å². The quantitative estimate of drug-likeness (QED) is 0.585. The highest BCUT2D eigenvalue weighted by atomic mass is 19.2. The normalized spacial score (nSPS) is 22.8. The molecule has 1 aromatic carbocycles. The summed E-state index contributed by atoms with van der Waals surface area (Å²) in [6.45, 7) is 6.13. The molecule has 0 N–H and O–H groups in total. The van der Waals surface area contributed by atoms with Gasteiger partial charge in [-0.05, 0) is 51.3 Å². The number of hydrogen-bond donors (Lipinski definition) is 0. The van der Waals surface area contributed by atoms with Crippen LogP contribution in [-0.4, -0.2) is 41.9 Å². The molecule has 0 aliphatic carbocycles. The zero-order valence-electron chi connectivity index (χ0n) is 15.0. The maximum atomic E-state index is 13.4. The van der Waals surface area contributed by atoms with Gasteiger partial charge in [-0.3, -0.25) is 4.90 Å². The third-order valence-electron chi connectivity index (χ3n) is 4.35. The predicted octanol–water partition coefficient (Wildman–Crippen LogP) is 3.98. The Morgan fingerprint density at radius 1 is 1.23 bits per heavy atom. The van der Waals surface area contributed by atoms with E-state index < -0.39 is 29.1 Å². The number of hydrogen-bond acceptors (Lipinski definition) is 3. The third-order valence-corrected chi connectivity index (χ3v) is 4.35. The van der Waals surface area contributed by atoms with Crippen molar-refractivity contribution >= 4 is 6.09 Å². The van der Waals surface area contributed by atoms with Gasteiger partial charge in [0.25, 0.3) is 0 Å². The SMILES string of the molecule is CC(C)(C)OC(=O)N1C2C=C(Cc3cc(F)c(F)c(F)c3)CC1COC2. The average molecular weight is 369 g/mol. The summed E-state index contributed by atoms with van der Waals surface area (Å²) >= 11 is 0. The summed E-state index contributed by atoms with van der Waals surface area (Å²) in [4.78, 5) is 14.2. The van der Waals surface area contributed by atoms with Crippen molar-refractivity contribution in [1.29, 1.82) is 0 Å². The number of morpholine rings is 1. The molecule has 142 valence electrons. The number of ether oxygens (including phenoxy) is 2. The van der Waals surface area contributed by atoms with Crippen molar-refractivity contribution in [2.24, 2.45) is 0 Å². The van der Waals surface area contributed by atoms with Gasteiger partial charge in [-0.15, -0.1) is 0 Å². The molecule has 2 aliphatic heterocycles. The van der Waals surface area contributed by atoms with E-state index in [0.29, 0.717) is 31.6 Å². The summed E-state index contributed by atoms with van der Waals surface area (Å²) < 4.78 is 51.0. The summed E-state index contributed by atoms with van der Waals surface area (Å²) in [5.41, 5.74) is 0.699. The highest BCUT2D eigenvalue weighted by Gasteiger charge is 2.39. The fourth-order valence-corrected chi connectivity index (χ4v) is 3.39. The van der Waals surface area contributed by atoms with E-state index in [9.17, 15) is 18.0 Å². The first-order valence-electron chi connectivity index (χ1n) is 8.56. The minimum absolute atomic E-state index is 0.196. The molecular formula is C19H22F3NO3. The van der Waals surface area contributed by atoms with Crippen molar-refractivity contribution in [3.63, 3.8) is 0 Å². The van der Waals surface area contributed by atoms with Gasteiger partial charge in [0.05, 0.1) is 25.3 Å². The van der Waals surface area contributed by atoms with Gasteiger partial charge in [-0.2, -0.15) is 0 Å². The number of benzene rings is 1. The molecular weight excluding hydrogens is 347 g/mol. The van der Waals surface area contributed by atoms with Crippen LogP contribution in [0.3, 0.4) is 0 Å². The maximum Gasteiger partial charge on any atom is 0.411 e. The van der Waals surface area contributed by atoms with Gasteiger partial charge in [-0.1, -0.05) is 11.6 Å². The Balaban J connectivity index is 1.79. The standard InChI is InChI=1S/C19H22F3NO3/c1-19(2,3)26-18(24)23-13-5-11(6-14(23)10-25-9-13)4-12-7-15(20)17(22)16(21)8-12/h5,7-8,13-14H,4,6,9-10H2,1-3H3. The molecule has 0 aromatic heterocycles. The Labute approximate surface area is 150 Å². The smallest absolute Gasteiger partial charge is 0.411 e. The second kappa shape index (κ2) is 6.95. The van der Waals surface area contributed by atoms with Crippen LogP contribution >= 0.6 is 0 Å². The molecule has 2 atom stereocenters. The summed E-state index contributed by atoms with van der Waals surface area (Å²) in [6, 6.07) is 1.53. The molecule has 1 aromatic rings. The number of halogens is 3. The molecule has 3 rings (SSSR count). The third kappa shape index (κ3) is 4.03. The van der Waals surface area contributed by atoms with Gasteiger partial charge in [0.1, 0.15) is 5.60 Å². The lowest BCUT2D eigenvalue weighted by Crippen LogP contribution is -2.57. The summed E-state index contributed by atoms with van der Waals surface area (Å²) in [5.74, 6) is -3.86. The fourth-order valence-electron chi connectivity index (χ4n) is 3.39. The van der Waals surface area contributed by atoms with Crippen LogP contribution in [0.15, 0.2) is 23.8 Å². The number of fused-ring (bicyclic) bond motifs is 2. The van der Waals surface area contributed by atoms with Crippen molar-refractivity contribution in [2.45, 2.75) is 51.3 Å². The Morgan fingerprint density at radius 3 is 2.46 bits per heavy atom. The molecule has 2 aliphatic rings. The first-order chi connectivity index (χ1) is 12.1. The van der Waals surface area contributed by atoms with Crippen molar-refractivity contribution < 1.29 is 27.4 Å². The molecule has 1 fully saturated rings. The number of amides is 1. The molecule has 4 nitrogen and oxygen atoms in total. The van der Waals surface area contributed by atoms with E-state index in [1.807, 2.05) is 6.08 Å². The van der Waals surface area contributed by atoms with E-state index in [1.54, 1.807) is 25.7 Å². The van der Waals surface area contributed by atoms with Crippen LogP contribution in [-0.2, 0) is 15.9 Å². The first kappa shape index (κ1) is 18.8. The Kier molecular flexibility index (Phi) is 5.01. The van der Waals surface area contributed by atoms with Crippen LogP contribution in [0, 0.1) is 17.5 Å². The lowest BCUT2D eigenvalue weighted by molar-refractivity contribution is -0.0536. The molecule has 2 bridgehead atoms. The number of rotatable bonds is 2. The maximum absolute atomic E-state index is 13.4. The summed E-state index contributed by atoms with van der Waals surface area (Å²) in [7, 11) is 0. The Hall–Kier alpha value is -2.02. The molecule has 0 spiro atoms. The van der Waals surface area contributed by atoms with Crippen LogP contribution in [0.1, 0.15) is 32.8 Å². The van der Waals surface area contributed by atoms with Gasteiger partial charge in [0.2, 0.25) is 0 Å². The van der Waals surface area contributed by atoms with Crippen molar-refractivity contribution in [3.8, 4) is 0 Å². The zero-order chi connectivity index (χ0) is 19.1. The first-order valence-corrected chi connectivity index (χ1v) is 8.56. The van der Waals surface area contributed by atoms with Gasteiger partial charge in [-0.25, -0.2) is 18.0 Å². The molecule has 7 heteroatoms. The zero-order valence-corrected chi connectivity index (χ0v) is 15.0. The fraction of sp³-hybridized carbons (Fsp3) is 0.526. The molecule has 0 radical (unpaired) electrons. The molecule has 0 saturated carbocycles. The summed E-state index contributed by atoms with van der Waals surface area (Å²) in [6.07, 6.45) is 2.28. The van der Waals surface area contributed by atoms with E-state index in [0.717, 1.165) is 17.7 Å². The van der Waals surface area contributed by atoms with E-state index in [-0.39, 0.29) is 12.1 Å². The van der Waals surface area contributed by atoms with Crippen molar-refractivity contribution in [2.75, 3.05) is 13.2 Å². The summed E-state index contributed by atoms with van der Waals surface area (Å²) in [5, 5.41) is 0. The van der Waals surface area contributed by atoms with Gasteiger partial charge in [0, 0.05) is 0 Å². The molecule has 2 heterocycles. The lowest BCUT2D eigenvalue weighted by Gasteiger charge is -2.44. The van der Waals surface area contributed by atoms with E-state index in [1.165, 1.54) is 0 Å². The topological polar surface area (TPSA) is 38.8 Å². The minimum atomic E-state index is -1.47. The molecule has 1 amide bonds. The number of nitrogens with zero attached hydrogens (tertiary/aromatic N) is 1. The largest absolute Gasteiger partial charge is 0.444 e.